The molecule has 1 aromatic carbocycles. The third-order valence-electron chi connectivity index (χ3n) is 2.95. The molecular weight excluding hydrogens is 216 g/mol. The van der Waals surface area contributed by atoms with Crippen LogP contribution < -0.4 is 15.4 Å². The van der Waals surface area contributed by atoms with Crippen LogP contribution >= 0.6 is 0 Å². The lowest BCUT2D eigenvalue weighted by Gasteiger charge is -2.37. The van der Waals surface area contributed by atoms with Gasteiger partial charge in [-0.05, 0) is 31.5 Å². The Kier molecular flexibility index (Phi) is 3.07. The summed E-state index contributed by atoms with van der Waals surface area (Å²) in [6, 6.07) is 7.27. The van der Waals surface area contributed by atoms with E-state index in [1.807, 2.05) is 24.3 Å². The monoisotopic (exact) mass is 234 g/mol. The lowest BCUT2D eigenvalue weighted by Crippen LogP contribution is -2.59. The van der Waals surface area contributed by atoms with Crippen LogP contribution in [-0.2, 0) is 4.79 Å². The van der Waals surface area contributed by atoms with Crippen LogP contribution in [0.1, 0.15) is 25.5 Å². The summed E-state index contributed by atoms with van der Waals surface area (Å²) in [5.74, 6) is 0.818. The van der Waals surface area contributed by atoms with Crippen LogP contribution in [0.3, 0.4) is 0 Å². The van der Waals surface area contributed by atoms with E-state index in [1.165, 1.54) is 0 Å². The van der Waals surface area contributed by atoms with Gasteiger partial charge in [0.2, 0.25) is 5.91 Å². The van der Waals surface area contributed by atoms with E-state index in [0.717, 1.165) is 11.3 Å². The van der Waals surface area contributed by atoms with Gasteiger partial charge in [0, 0.05) is 12.1 Å². The number of amides is 1. The number of rotatable bonds is 2. The molecule has 1 saturated heterocycles. The highest BCUT2D eigenvalue weighted by Gasteiger charge is 2.33. The van der Waals surface area contributed by atoms with E-state index in [-0.39, 0.29) is 17.5 Å². The standard InChI is InChI=1S/C13H18N2O2/c1-13(2)8-14-12(16)11(15-13)9-4-6-10(17-3)7-5-9/h4-7,11,15H,8H2,1-3H3,(H,14,16). The van der Waals surface area contributed by atoms with Crippen molar-refractivity contribution in [3.05, 3.63) is 29.8 Å². The zero-order valence-electron chi connectivity index (χ0n) is 10.4. The molecule has 1 aromatic rings. The first kappa shape index (κ1) is 11.9. The molecule has 1 aliphatic rings. The first-order valence-corrected chi connectivity index (χ1v) is 5.71. The van der Waals surface area contributed by atoms with E-state index in [0.29, 0.717) is 6.54 Å². The summed E-state index contributed by atoms with van der Waals surface area (Å²) in [5.41, 5.74) is 0.870. The second-order valence-electron chi connectivity index (χ2n) is 4.95. The van der Waals surface area contributed by atoms with Gasteiger partial charge in [-0.3, -0.25) is 10.1 Å². The van der Waals surface area contributed by atoms with Crippen molar-refractivity contribution in [2.45, 2.75) is 25.4 Å². The highest BCUT2D eigenvalue weighted by molar-refractivity contribution is 5.84. The molecule has 1 amide bonds. The number of ether oxygens (including phenoxy) is 1. The molecule has 0 spiro atoms. The van der Waals surface area contributed by atoms with E-state index in [2.05, 4.69) is 24.5 Å². The summed E-state index contributed by atoms with van der Waals surface area (Å²) in [7, 11) is 1.63. The minimum Gasteiger partial charge on any atom is -0.497 e. The van der Waals surface area contributed by atoms with Crippen LogP contribution in [-0.4, -0.2) is 25.1 Å². The van der Waals surface area contributed by atoms with Crippen molar-refractivity contribution in [2.24, 2.45) is 0 Å². The van der Waals surface area contributed by atoms with E-state index in [9.17, 15) is 4.79 Å². The molecule has 1 fully saturated rings. The molecular formula is C13H18N2O2. The second-order valence-corrected chi connectivity index (χ2v) is 4.95. The van der Waals surface area contributed by atoms with Crippen LogP contribution in [0.5, 0.6) is 5.75 Å². The van der Waals surface area contributed by atoms with Crippen molar-refractivity contribution >= 4 is 5.91 Å². The number of benzene rings is 1. The number of carbonyl (C=O) groups is 1. The van der Waals surface area contributed by atoms with Crippen LogP contribution in [0.2, 0.25) is 0 Å². The van der Waals surface area contributed by atoms with Crippen molar-refractivity contribution in [3.8, 4) is 5.75 Å². The number of hydrogen-bond donors (Lipinski definition) is 2. The van der Waals surface area contributed by atoms with Crippen molar-refractivity contribution in [3.63, 3.8) is 0 Å². The molecule has 0 aliphatic carbocycles. The lowest BCUT2D eigenvalue weighted by molar-refractivity contribution is -0.126. The van der Waals surface area contributed by atoms with E-state index in [1.54, 1.807) is 7.11 Å². The van der Waals surface area contributed by atoms with Crippen LogP contribution in [0, 0.1) is 0 Å². The van der Waals surface area contributed by atoms with Gasteiger partial charge in [0.1, 0.15) is 11.8 Å². The molecule has 4 heteroatoms. The maximum Gasteiger partial charge on any atom is 0.241 e. The molecule has 17 heavy (non-hydrogen) atoms. The Morgan fingerprint density at radius 2 is 1.94 bits per heavy atom. The topological polar surface area (TPSA) is 50.4 Å². The molecule has 1 aliphatic heterocycles. The van der Waals surface area contributed by atoms with Crippen LogP contribution in [0.15, 0.2) is 24.3 Å². The first-order chi connectivity index (χ1) is 8.02. The number of hydrogen-bond acceptors (Lipinski definition) is 3. The Morgan fingerprint density at radius 3 is 2.53 bits per heavy atom. The fraction of sp³-hybridized carbons (Fsp3) is 0.462. The summed E-state index contributed by atoms with van der Waals surface area (Å²) in [5, 5.41) is 6.26. The lowest BCUT2D eigenvalue weighted by atomic mass is 9.96. The predicted molar refractivity (Wildman–Crippen MR) is 66.0 cm³/mol. The molecule has 0 bridgehead atoms. The highest BCUT2D eigenvalue weighted by atomic mass is 16.5. The van der Waals surface area contributed by atoms with Gasteiger partial charge in [-0.25, -0.2) is 0 Å². The van der Waals surface area contributed by atoms with Crippen molar-refractivity contribution < 1.29 is 9.53 Å². The van der Waals surface area contributed by atoms with E-state index in [4.69, 9.17) is 4.74 Å². The normalized spacial score (nSPS) is 23.0. The average Bonchev–Trinajstić information content (AvgIpc) is 2.33. The first-order valence-electron chi connectivity index (χ1n) is 5.71. The largest absolute Gasteiger partial charge is 0.497 e. The molecule has 1 unspecified atom stereocenters. The van der Waals surface area contributed by atoms with Crippen molar-refractivity contribution in [1.82, 2.24) is 10.6 Å². The van der Waals surface area contributed by atoms with Crippen LogP contribution in [0.25, 0.3) is 0 Å². The summed E-state index contributed by atoms with van der Waals surface area (Å²) in [4.78, 5) is 11.8. The smallest absolute Gasteiger partial charge is 0.241 e. The Labute approximate surface area is 101 Å². The summed E-state index contributed by atoms with van der Waals surface area (Å²) < 4.78 is 5.10. The average molecular weight is 234 g/mol. The SMILES string of the molecule is COc1ccc(C2NC(C)(C)CNC2=O)cc1. The molecule has 0 radical (unpaired) electrons. The number of carbonyl (C=O) groups excluding carboxylic acids is 1. The van der Waals surface area contributed by atoms with Gasteiger partial charge in [0.15, 0.2) is 0 Å². The van der Waals surface area contributed by atoms with Gasteiger partial charge >= 0.3 is 0 Å². The molecule has 2 rings (SSSR count). The minimum atomic E-state index is -0.287. The Bertz CT molecular complexity index is 412. The van der Waals surface area contributed by atoms with E-state index < -0.39 is 0 Å². The van der Waals surface area contributed by atoms with Crippen LogP contribution in [0.4, 0.5) is 0 Å². The molecule has 0 saturated carbocycles. The third kappa shape index (κ3) is 2.58. The second kappa shape index (κ2) is 4.37. The zero-order valence-corrected chi connectivity index (χ0v) is 10.4. The predicted octanol–water partition coefficient (Wildman–Crippen LogP) is 1.23. The van der Waals surface area contributed by atoms with Crippen molar-refractivity contribution in [1.29, 1.82) is 0 Å². The van der Waals surface area contributed by atoms with Gasteiger partial charge in [-0.1, -0.05) is 12.1 Å². The summed E-state index contributed by atoms with van der Waals surface area (Å²) >= 11 is 0. The molecule has 4 nitrogen and oxygen atoms in total. The quantitative estimate of drug-likeness (QED) is 0.809. The minimum absolute atomic E-state index is 0.0227. The Balaban J connectivity index is 2.21. The number of methoxy groups -OCH3 is 1. The van der Waals surface area contributed by atoms with Gasteiger partial charge in [0.05, 0.1) is 7.11 Å². The molecule has 92 valence electrons. The maximum atomic E-state index is 11.8. The summed E-state index contributed by atoms with van der Waals surface area (Å²) in [6.45, 7) is 4.80. The van der Waals surface area contributed by atoms with E-state index >= 15 is 0 Å². The molecule has 0 aromatic heterocycles. The third-order valence-corrected chi connectivity index (χ3v) is 2.95. The fourth-order valence-corrected chi connectivity index (χ4v) is 1.95. The molecule has 1 atom stereocenters. The highest BCUT2D eigenvalue weighted by Crippen LogP contribution is 2.22. The maximum absolute atomic E-state index is 11.8. The van der Waals surface area contributed by atoms with Gasteiger partial charge in [-0.15, -0.1) is 0 Å². The van der Waals surface area contributed by atoms with Gasteiger partial charge in [0.25, 0.3) is 0 Å². The summed E-state index contributed by atoms with van der Waals surface area (Å²) in [6.07, 6.45) is 0. The van der Waals surface area contributed by atoms with Crippen molar-refractivity contribution in [2.75, 3.05) is 13.7 Å². The fourth-order valence-electron chi connectivity index (χ4n) is 1.95. The molecule has 2 N–H and O–H groups in total. The molecule has 1 heterocycles. The number of piperazine rings is 1. The van der Waals surface area contributed by atoms with Gasteiger partial charge in [-0.2, -0.15) is 0 Å². The van der Waals surface area contributed by atoms with Gasteiger partial charge < -0.3 is 10.1 Å². The Hall–Kier alpha value is -1.55. The number of nitrogens with one attached hydrogen (secondary N) is 2. The zero-order chi connectivity index (χ0) is 12.5. The Morgan fingerprint density at radius 1 is 1.29 bits per heavy atom.